The van der Waals surface area contributed by atoms with Gasteiger partial charge in [0.15, 0.2) is 11.9 Å². The molecule has 0 radical (unpaired) electrons. The van der Waals surface area contributed by atoms with Crippen molar-refractivity contribution in [3.63, 3.8) is 0 Å². The molecule has 1 saturated carbocycles. The van der Waals surface area contributed by atoms with E-state index in [-0.39, 0.29) is 6.10 Å². The monoisotopic (exact) mass is 383 g/mol. The van der Waals surface area contributed by atoms with Crippen molar-refractivity contribution in [2.24, 2.45) is 17.8 Å². The fourth-order valence-corrected chi connectivity index (χ4v) is 4.88. The maximum absolute atomic E-state index is 6.00. The first-order valence-corrected chi connectivity index (χ1v) is 10.9. The Balaban J connectivity index is 1.15. The Kier molecular flexibility index (Phi) is 4.71. The molecule has 3 heterocycles. The van der Waals surface area contributed by atoms with Crippen molar-refractivity contribution in [1.29, 1.82) is 0 Å². The van der Waals surface area contributed by atoms with Gasteiger partial charge in [0.2, 0.25) is 0 Å². The van der Waals surface area contributed by atoms with Gasteiger partial charge in [-0.2, -0.15) is 0 Å². The van der Waals surface area contributed by atoms with Crippen LogP contribution in [0.2, 0.25) is 0 Å². The fourth-order valence-electron chi connectivity index (χ4n) is 4.52. The Bertz CT molecular complexity index is 788. The van der Waals surface area contributed by atoms with Crippen LogP contribution in [0.5, 0.6) is 11.6 Å². The summed E-state index contributed by atoms with van der Waals surface area (Å²) in [7, 11) is 0. The molecule has 0 amide bonds. The minimum absolute atomic E-state index is 0.0921. The van der Waals surface area contributed by atoms with Crippen molar-refractivity contribution in [3.8, 4) is 11.6 Å². The Morgan fingerprint density at radius 1 is 1.19 bits per heavy atom. The van der Waals surface area contributed by atoms with Crippen LogP contribution in [-0.2, 0) is 6.54 Å². The third-order valence-corrected chi connectivity index (χ3v) is 6.50. The molecular formula is C21H25N3O2S. The molecule has 2 aliphatic heterocycles. The SMILES string of the molecule is CSNC[C@@H]1[C@H]2CN(Cc3ccc([C@H]4COc5cccnc5O4)cc3)C[C@@H]12. The highest BCUT2D eigenvalue weighted by Crippen LogP contribution is 2.51. The van der Waals surface area contributed by atoms with Crippen molar-refractivity contribution in [3.05, 3.63) is 53.7 Å². The van der Waals surface area contributed by atoms with Crippen molar-refractivity contribution in [2.75, 3.05) is 32.5 Å². The number of nitrogens with zero attached hydrogens (tertiary/aromatic N) is 2. The van der Waals surface area contributed by atoms with Crippen molar-refractivity contribution >= 4 is 11.9 Å². The smallest absolute Gasteiger partial charge is 0.257 e. The van der Waals surface area contributed by atoms with Crippen LogP contribution in [0, 0.1) is 17.8 Å². The van der Waals surface area contributed by atoms with E-state index in [1.807, 2.05) is 12.1 Å². The number of rotatable bonds is 6. The molecule has 2 aromatic rings. The zero-order chi connectivity index (χ0) is 18.2. The lowest BCUT2D eigenvalue weighted by Crippen LogP contribution is -2.26. The topological polar surface area (TPSA) is 46.6 Å². The molecule has 1 aromatic heterocycles. The van der Waals surface area contributed by atoms with E-state index in [1.54, 1.807) is 18.1 Å². The summed E-state index contributed by atoms with van der Waals surface area (Å²) in [6.07, 6.45) is 3.75. The first kappa shape index (κ1) is 17.3. The van der Waals surface area contributed by atoms with Crippen molar-refractivity contribution < 1.29 is 9.47 Å². The second-order valence-corrected chi connectivity index (χ2v) is 8.40. The van der Waals surface area contributed by atoms with Gasteiger partial charge in [-0.25, -0.2) is 4.98 Å². The van der Waals surface area contributed by atoms with Gasteiger partial charge < -0.3 is 9.47 Å². The summed E-state index contributed by atoms with van der Waals surface area (Å²) >= 11 is 1.73. The zero-order valence-corrected chi connectivity index (χ0v) is 16.3. The lowest BCUT2D eigenvalue weighted by atomic mass is 10.1. The molecule has 1 saturated heterocycles. The Hall–Kier alpha value is -1.76. The van der Waals surface area contributed by atoms with Gasteiger partial charge in [0.1, 0.15) is 6.61 Å². The predicted octanol–water partition coefficient (Wildman–Crippen LogP) is 3.14. The van der Waals surface area contributed by atoms with E-state index < -0.39 is 0 Å². The number of ether oxygens (including phenoxy) is 2. The van der Waals surface area contributed by atoms with Gasteiger partial charge in [-0.3, -0.25) is 9.62 Å². The second-order valence-electron chi connectivity index (χ2n) is 7.70. The van der Waals surface area contributed by atoms with Crippen LogP contribution in [0.3, 0.4) is 0 Å². The van der Waals surface area contributed by atoms with Gasteiger partial charge >= 0.3 is 0 Å². The van der Waals surface area contributed by atoms with E-state index in [1.165, 1.54) is 25.2 Å². The highest BCUT2D eigenvalue weighted by Gasteiger charge is 2.54. The van der Waals surface area contributed by atoms with Gasteiger partial charge in [-0.1, -0.05) is 36.2 Å². The fraction of sp³-hybridized carbons (Fsp3) is 0.476. The van der Waals surface area contributed by atoms with E-state index in [0.29, 0.717) is 12.5 Å². The van der Waals surface area contributed by atoms with Gasteiger partial charge in [0, 0.05) is 32.4 Å². The molecule has 5 nitrogen and oxygen atoms in total. The predicted molar refractivity (Wildman–Crippen MR) is 107 cm³/mol. The van der Waals surface area contributed by atoms with Crippen LogP contribution in [0.25, 0.3) is 0 Å². The van der Waals surface area contributed by atoms with Crippen molar-refractivity contribution in [1.82, 2.24) is 14.6 Å². The Morgan fingerprint density at radius 3 is 2.78 bits per heavy atom. The van der Waals surface area contributed by atoms with Crippen LogP contribution in [0.4, 0.5) is 0 Å². The third-order valence-electron chi connectivity index (χ3n) is 6.05. The lowest BCUT2D eigenvalue weighted by molar-refractivity contribution is 0.0851. The summed E-state index contributed by atoms with van der Waals surface area (Å²) in [6.45, 7) is 5.23. The summed E-state index contributed by atoms with van der Waals surface area (Å²) in [5.74, 6) is 4.02. The Morgan fingerprint density at radius 2 is 2.00 bits per heavy atom. The molecule has 0 spiro atoms. The number of hydrogen-bond acceptors (Lipinski definition) is 6. The van der Waals surface area contributed by atoms with Crippen LogP contribution < -0.4 is 14.2 Å². The van der Waals surface area contributed by atoms with Crippen molar-refractivity contribution in [2.45, 2.75) is 12.6 Å². The Labute approximate surface area is 164 Å². The van der Waals surface area contributed by atoms with Crippen LogP contribution in [0.1, 0.15) is 17.2 Å². The number of aromatic nitrogens is 1. The number of fused-ring (bicyclic) bond motifs is 2. The molecule has 5 rings (SSSR count). The largest absolute Gasteiger partial charge is 0.484 e. The van der Waals surface area contributed by atoms with E-state index in [0.717, 1.165) is 35.6 Å². The van der Waals surface area contributed by atoms with Gasteiger partial charge in [0.25, 0.3) is 5.88 Å². The number of nitrogens with one attached hydrogen (secondary N) is 1. The number of hydrogen-bond donors (Lipinski definition) is 1. The van der Waals surface area contributed by atoms with E-state index in [2.05, 4.69) is 45.1 Å². The van der Waals surface area contributed by atoms with Crippen LogP contribution in [0.15, 0.2) is 42.6 Å². The van der Waals surface area contributed by atoms with Crippen LogP contribution >= 0.6 is 11.9 Å². The maximum Gasteiger partial charge on any atom is 0.257 e. The molecule has 0 unspecified atom stereocenters. The molecule has 6 heteroatoms. The molecule has 2 fully saturated rings. The molecule has 4 atom stereocenters. The first-order chi connectivity index (χ1) is 13.3. The molecule has 3 aliphatic rings. The summed E-state index contributed by atoms with van der Waals surface area (Å²) in [6, 6.07) is 12.5. The van der Waals surface area contributed by atoms with E-state index >= 15 is 0 Å². The number of benzene rings is 1. The molecule has 142 valence electrons. The molecule has 1 N–H and O–H groups in total. The third kappa shape index (κ3) is 3.53. The van der Waals surface area contributed by atoms with Gasteiger partial charge in [-0.15, -0.1) is 0 Å². The minimum Gasteiger partial charge on any atom is -0.484 e. The molecular weight excluding hydrogens is 358 g/mol. The lowest BCUT2D eigenvalue weighted by Gasteiger charge is -2.26. The second kappa shape index (κ2) is 7.34. The van der Waals surface area contributed by atoms with Crippen LogP contribution in [-0.4, -0.2) is 42.4 Å². The van der Waals surface area contributed by atoms with Gasteiger partial charge in [-0.05, 0) is 47.3 Å². The highest BCUT2D eigenvalue weighted by molar-refractivity contribution is 7.96. The summed E-state index contributed by atoms with van der Waals surface area (Å²) in [5, 5.41) is 0. The standard InChI is InChI=1S/C21H25N3O2S/c1-27-23-9-16-17-11-24(12-18(16)17)10-14-4-6-15(7-5-14)20-13-25-19-3-2-8-22-21(19)26-20/h2-8,16-18,20,23H,9-13H2,1H3/t16-,17-,18+,20-/m1/s1. The quantitative estimate of drug-likeness (QED) is 0.774. The number of likely N-dealkylation sites (tertiary alicyclic amines) is 1. The minimum atomic E-state index is -0.0921. The normalized spacial score (nSPS) is 28.8. The zero-order valence-electron chi connectivity index (χ0n) is 15.5. The molecule has 0 bridgehead atoms. The summed E-state index contributed by atoms with van der Waals surface area (Å²) in [4.78, 5) is 6.85. The first-order valence-electron chi connectivity index (χ1n) is 9.63. The molecule has 1 aliphatic carbocycles. The highest BCUT2D eigenvalue weighted by atomic mass is 32.2. The average molecular weight is 384 g/mol. The molecule has 27 heavy (non-hydrogen) atoms. The molecule has 1 aromatic carbocycles. The average Bonchev–Trinajstić information content (AvgIpc) is 3.17. The van der Waals surface area contributed by atoms with Gasteiger partial charge in [0.05, 0.1) is 0 Å². The number of piperidine rings is 1. The maximum atomic E-state index is 6.00. The van der Waals surface area contributed by atoms with E-state index in [4.69, 9.17) is 9.47 Å². The van der Waals surface area contributed by atoms with E-state index in [9.17, 15) is 0 Å². The summed E-state index contributed by atoms with van der Waals surface area (Å²) in [5.41, 5.74) is 2.51. The number of pyridine rings is 1. The summed E-state index contributed by atoms with van der Waals surface area (Å²) < 4.78 is 15.2.